The second kappa shape index (κ2) is 8.72. The standard InChI is InChI=1S/C22H21NO3/c1-17-7-9-18(10-8-17)22(24)23-19-11-13-21(14-12-19)26-16-15-25-20-5-3-2-4-6-20/h2-14H,15-16H2,1H3,(H,23,24). The van der Waals surface area contributed by atoms with Crippen molar-refractivity contribution in [1.82, 2.24) is 0 Å². The summed E-state index contributed by atoms with van der Waals surface area (Å²) in [6.45, 7) is 2.91. The number of carbonyl (C=O) groups is 1. The van der Waals surface area contributed by atoms with Crippen LogP contribution in [-0.2, 0) is 0 Å². The second-order valence-electron chi connectivity index (χ2n) is 5.85. The summed E-state index contributed by atoms with van der Waals surface area (Å²) >= 11 is 0. The summed E-state index contributed by atoms with van der Waals surface area (Å²) in [4.78, 5) is 12.2. The van der Waals surface area contributed by atoms with Crippen LogP contribution in [0.25, 0.3) is 0 Å². The Hall–Kier alpha value is -3.27. The van der Waals surface area contributed by atoms with Crippen molar-refractivity contribution in [2.75, 3.05) is 18.5 Å². The fourth-order valence-electron chi connectivity index (χ4n) is 2.38. The first-order valence-electron chi connectivity index (χ1n) is 8.49. The average Bonchev–Trinajstić information content (AvgIpc) is 2.68. The number of aryl methyl sites for hydroxylation is 1. The highest BCUT2D eigenvalue weighted by Gasteiger charge is 2.05. The summed E-state index contributed by atoms with van der Waals surface area (Å²) in [5, 5.41) is 2.87. The third kappa shape index (κ3) is 5.11. The van der Waals surface area contributed by atoms with Crippen molar-refractivity contribution in [2.24, 2.45) is 0 Å². The van der Waals surface area contributed by atoms with E-state index in [0.29, 0.717) is 18.8 Å². The number of ether oxygens (including phenoxy) is 2. The molecular formula is C22H21NO3. The Morgan fingerprint density at radius 3 is 1.96 bits per heavy atom. The van der Waals surface area contributed by atoms with Crippen molar-refractivity contribution in [1.29, 1.82) is 0 Å². The van der Waals surface area contributed by atoms with E-state index < -0.39 is 0 Å². The first-order chi connectivity index (χ1) is 12.7. The highest BCUT2D eigenvalue weighted by molar-refractivity contribution is 6.04. The molecule has 0 radical (unpaired) electrons. The number of anilines is 1. The van der Waals surface area contributed by atoms with Gasteiger partial charge in [-0.1, -0.05) is 35.9 Å². The molecule has 0 aromatic heterocycles. The zero-order valence-corrected chi connectivity index (χ0v) is 14.6. The van der Waals surface area contributed by atoms with Gasteiger partial charge in [-0.3, -0.25) is 4.79 Å². The van der Waals surface area contributed by atoms with Gasteiger partial charge in [-0.15, -0.1) is 0 Å². The van der Waals surface area contributed by atoms with E-state index in [9.17, 15) is 4.79 Å². The normalized spacial score (nSPS) is 10.2. The molecule has 0 bridgehead atoms. The number of amides is 1. The Bertz CT molecular complexity index is 828. The van der Waals surface area contributed by atoms with Gasteiger partial charge in [-0.2, -0.15) is 0 Å². The highest BCUT2D eigenvalue weighted by Crippen LogP contribution is 2.17. The van der Waals surface area contributed by atoms with Gasteiger partial charge in [0.15, 0.2) is 0 Å². The molecule has 26 heavy (non-hydrogen) atoms. The Labute approximate surface area is 153 Å². The summed E-state index contributed by atoms with van der Waals surface area (Å²) in [5.41, 5.74) is 2.48. The van der Waals surface area contributed by atoms with Crippen LogP contribution in [0.1, 0.15) is 15.9 Å². The van der Waals surface area contributed by atoms with E-state index in [0.717, 1.165) is 22.7 Å². The quantitative estimate of drug-likeness (QED) is 0.630. The SMILES string of the molecule is Cc1ccc(C(=O)Nc2ccc(OCCOc3ccccc3)cc2)cc1. The van der Waals surface area contributed by atoms with Crippen molar-refractivity contribution in [3.05, 3.63) is 90.0 Å². The van der Waals surface area contributed by atoms with Gasteiger partial charge >= 0.3 is 0 Å². The lowest BCUT2D eigenvalue weighted by molar-refractivity contribution is 0.102. The van der Waals surface area contributed by atoms with Crippen LogP contribution in [0.3, 0.4) is 0 Å². The minimum Gasteiger partial charge on any atom is -0.490 e. The molecule has 0 saturated carbocycles. The van der Waals surface area contributed by atoms with Gasteiger partial charge in [0.2, 0.25) is 0 Å². The summed E-state index contributed by atoms with van der Waals surface area (Å²) in [7, 11) is 0. The van der Waals surface area contributed by atoms with Crippen molar-refractivity contribution < 1.29 is 14.3 Å². The van der Waals surface area contributed by atoms with E-state index in [1.165, 1.54) is 0 Å². The maximum atomic E-state index is 12.2. The Balaban J connectivity index is 1.45. The van der Waals surface area contributed by atoms with Crippen LogP contribution in [0.15, 0.2) is 78.9 Å². The molecule has 0 aliphatic heterocycles. The van der Waals surface area contributed by atoms with Gasteiger partial charge in [-0.25, -0.2) is 0 Å². The van der Waals surface area contributed by atoms with Gasteiger partial charge in [0.05, 0.1) is 0 Å². The van der Waals surface area contributed by atoms with E-state index >= 15 is 0 Å². The molecule has 0 spiro atoms. The molecule has 0 aliphatic rings. The van der Waals surface area contributed by atoms with Gasteiger partial charge in [0.25, 0.3) is 5.91 Å². The summed E-state index contributed by atoms with van der Waals surface area (Å²) < 4.78 is 11.2. The topological polar surface area (TPSA) is 47.6 Å². The van der Waals surface area contributed by atoms with Crippen LogP contribution in [0.2, 0.25) is 0 Å². The fraction of sp³-hybridized carbons (Fsp3) is 0.136. The van der Waals surface area contributed by atoms with Crippen molar-refractivity contribution in [3.8, 4) is 11.5 Å². The molecule has 3 aromatic carbocycles. The predicted octanol–water partition coefficient (Wildman–Crippen LogP) is 4.71. The molecule has 0 heterocycles. The maximum absolute atomic E-state index is 12.2. The molecular weight excluding hydrogens is 326 g/mol. The Morgan fingerprint density at radius 2 is 1.35 bits per heavy atom. The van der Waals surface area contributed by atoms with Crippen LogP contribution in [0.5, 0.6) is 11.5 Å². The van der Waals surface area contributed by atoms with Crippen molar-refractivity contribution in [3.63, 3.8) is 0 Å². The largest absolute Gasteiger partial charge is 0.490 e. The highest BCUT2D eigenvalue weighted by atomic mass is 16.5. The molecule has 0 fully saturated rings. The minimum atomic E-state index is -0.130. The molecule has 4 heteroatoms. The zero-order chi connectivity index (χ0) is 18.2. The molecule has 1 amide bonds. The molecule has 4 nitrogen and oxygen atoms in total. The van der Waals surface area contributed by atoms with Gasteiger partial charge in [0.1, 0.15) is 24.7 Å². The van der Waals surface area contributed by atoms with Crippen molar-refractivity contribution in [2.45, 2.75) is 6.92 Å². The molecule has 0 atom stereocenters. The van der Waals surface area contributed by atoms with Crippen LogP contribution >= 0.6 is 0 Å². The van der Waals surface area contributed by atoms with Gasteiger partial charge in [0, 0.05) is 11.3 Å². The van der Waals surface area contributed by atoms with Crippen molar-refractivity contribution >= 4 is 11.6 Å². The number of carbonyl (C=O) groups excluding carboxylic acids is 1. The first-order valence-corrected chi connectivity index (χ1v) is 8.49. The molecule has 0 saturated heterocycles. The summed E-state index contributed by atoms with van der Waals surface area (Å²) in [6.07, 6.45) is 0. The first kappa shape index (κ1) is 17.5. The zero-order valence-electron chi connectivity index (χ0n) is 14.6. The Morgan fingerprint density at radius 1 is 0.769 bits per heavy atom. The molecule has 3 rings (SSSR count). The van der Waals surface area contributed by atoms with Crippen LogP contribution < -0.4 is 14.8 Å². The van der Waals surface area contributed by atoms with Crippen LogP contribution in [0.4, 0.5) is 5.69 Å². The number of para-hydroxylation sites is 1. The summed E-state index contributed by atoms with van der Waals surface area (Å²) in [6, 6.07) is 24.4. The lowest BCUT2D eigenvalue weighted by atomic mass is 10.1. The van der Waals surface area contributed by atoms with E-state index in [4.69, 9.17) is 9.47 Å². The van der Waals surface area contributed by atoms with E-state index in [2.05, 4.69) is 5.32 Å². The molecule has 3 aromatic rings. The Kier molecular flexibility index (Phi) is 5.88. The molecule has 1 N–H and O–H groups in total. The maximum Gasteiger partial charge on any atom is 0.255 e. The minimum absolute atomic E-state index is 0.130. The van der Waals surface area contributed by atoms with E-state index in [1.54, 1.807) is 0 Å². The molecule has 132 valence electrons. The molecule has 0 unspecified atom stereocenters. The third-order valence-electron chi connectivity index (χ3n) is 3.79. The van der Waals surface area contributed by atoms with Crippen LogP contribution in [-0.4, -0.2) is 19.1 Å². The second-order valence-corrected chi connectivity index (χ2v) is 5.85. The van der Waals surface area contributed by atoms with E-state index in [1.807, 2.05) is 85.8 Å². The van der Waals surface area contributed by atoms with Crippen LogP contribution in [0, 0.1) is 6.92 Å². The summed E-state index contributed by atoms with van der Waals surface area (Å²) in [5.74, 6) is 1.43. The smallest absolute Gasteiger partial charge is 0.255 e. The van der Waals surface area contributed by atoms with Gasteiger partial charge in [-0.05, 0) is 55.5 Å². The number of benzene rings is 3. The average molecular weight is 347 g/mol. The number of nitrogens with one attached hydrogen (secondary N) is 1. The van der Waals surface area contributed by atoms with Gasteiger partial charge < -0.3 is 14.8 Å². The predicted molar refractivity (Wildman–Crippen MR) is 103 cm³/mol. The fourth-order valence-corrected chi connectivity index (χ4v) is 2.38. The lowest BCUT2D eigenvalue weighted by Crippen LogP contribution is -2.12. The number of hydrogen-bond donors (Lipinski definition) is 1. The number of hydrogen-bond acceptors (Lipinski definition) is 3. The van der Waals surface area contributed by atoms with E-state index in [-0.39, 0.29) is 5.91 Å². The monoisotopic (exact) mass is 347 g/mol. The number of rotatable bonds is 7. The third-order valence-corrected chi connectivity index (χ3v) is 3.79. The lowest BCUT2D eigenvalue weighted by Gasteiger charge is -2.09. The molecule has 0 aliphatic carbocycles.